The second-order valence-corrected chi connectivity index (χ2v) is 7.13. The van der Waals surface area contributed by atoms with Gasteiger partial charge in [0, 0.05) is 18.1 Å². The van der Waals surface area contributed by atoms with Crippen LogP contribution >= 0.6 is 0 Å². The lowest BCUT2D eigenvalue weighted by molar-refractivity contribution is 0.154. The Bertz CT molecular complexity index is 253. The molecule has 108 valence electrons. The van der Waals surface area contributed by atoms with Crippen LogP contribution in [0.2, 0.25) is 0 Å². The number of aliphatic hydroxyl groups excluding tert-OH is 1. The summed E-state index contributed by atoms with van der Waals surface area (Å²) in [4.78, 5) is 0. The second-order valence-electron chi connectivity index (χ2n) is 7.13. The Kier molecular flexibility index (Phi) is 5.63. The Labute approximate surface area is 113 Å². The summed E-state index contributed by atoms with van der Waals surface area (Å²) in [7, 11) is 0. The SMILES string of the molecule is CC(O)CC(C)NC1(CN)CCCC(C)(C)CC1. The quantitative estimate of drug-likeness (QED) is 0.662. The van der Waals surface area contributed by atoms with Crippen LogP contribution in [0.1, 0.15) is 66.2 Å². The average Bonchev–Trinajstić information content (AvgIpc) is 2.37. The van der Waals surface area contributed by atoms with E-state index in [0.29, 0.717) is 18.0 Å². The van der Waals surface area contributed by atoms with Gasteiger partial charge in [-0.05, 0) is 51.4 Å². The number of hydrogen-bond acceptors (Lipinski definition) is 3. The van der Waals surface area contributed by atoms with Crippen molar-refractivity contribution in [2.24, 2.45) is 11.1 Å². The van der Waals surface area contributed by atoms with Crippen LogP contribution in [0.5, 0.6) is 0 Å². The lowest BCUT2D eigenvalue weighted by Gasteiger charge is -2.36. The zero-order valence-corrected chi connectivity index (χ0v) is 12.6. The molecule has 0 aromatic heterocycles. The minimum Gasteiger partial charge on any atom is -0.393 e. The molecule has 3 atom stereocenters. The lowest BCUT2D eigenvalue weighted by Crippen LogP contribution is -2.54. The fourth-order valence-corrected chi connectivity index (χ4v) is 3.23. The van der Waals surface area contributed by atoms with E-state index in [1.54, 1.807) is 0 Å². The van der Waals surface area contributed by atoms with Crippen molar-refractivity contribution in [1.82, 2.24) is 5.32 Å². The lowest BCUT2D eigenvalue weighted by atomic mass is 9.83. The van der Waals surface area contributed by atoms with Gasteiger partial charge in [-0.3, -0.25) is 0 Å². The van der Waals surface area contributed by atoms with Crippen LogP contribution in [0.15, 0.2) is 0 Å². The minimum atomic E-state index is -0.246. The molecule has 0 aliphatic heterocycles. The van der Waals surface area contributed by atoms with Crippen LogP contribution in [0, 0.1) is 5.41 Å². The topological polar surface area (TPSA) is 58.3 Å². The van der Waals surface area contributed by atoms with Gasteiger partial charge < -0.3 is 16.2 Å². The molecule has 1 fully saturated rings. The maximum absolute atomic E-state index is 9.48. The highest BCUT2D eigenvalue weighted by molar-refractivity contribution is 4.95. The van der Waals surface area contributed by atoms with E-state index >= 15 is 0 Å². The molecule has 3 nitrogen and oxygen atoms in total. The van der Waals surface area contributed by atoms with Crippen molar-refractivity contribution in [3.63, 3.8) is 0 Å². The van der Waals surface area contributed by atoms with Crippen molar-refractivity contribution >= 4 is 0 Å². The third kappa shape index (κ3) is 4.87. The first-order valence-electron chi connectivity index (χ1n) is 7.44. The highest BCUT2D eigenvalue weighted by Crippen LogP contribution is 2.38. The van der Waals surface area contributed by atoms with E-state index in [1.165, 1.54) is 19.3 Å². The molecule has 0 spiro atoms. The van der Waals surface area contributed by atoms with Crippen LogP contribution in [-0.2, 0) is 0 Å². The molecule has 1 aliphatic rings. The monoisotopic (exact) mass is 256 g/mol. The van der Waals surface area contributed by atoms with Crippen LogP contribution in [-0.4, -0.2) is 29.3 Å². The number of nitrogens with two attached hydrogens (primary N) is 1. The zero-order valence-electron chi connectivity index (χ0n) is 12.6. The Balaban J connectivity index is 2.62. The highest BCUT2D eigenvalue weighted by Gasteiger charge is 2.35. The van der Waals surface area contributed by atoms with Crippen molar-refractivity contribution in [1.29, 1.82) is 0 Å². The molecule has 1 rings (SSSR count). The van der Waals surface area contributed by atoms with Crippen LogP contribution < -0.4 is 11.1 Å². The fraction of sp³-hybridized carbons (Fsp3) is 1.00. The molecule has 1 saturated carbocycles. The molecular weight excluding hydrogens is 224 g/mol. The van der Waals surface area contributed by atoms with Gasteiger partial charge in [0.25, 0.3) is 0 Å². The van der Waals surface area contributed by atoms with Gasteiger partial charge in [0.15, 0.2) is 0 Å². The minimum absolute atomic E-state index is 0.0854. The van der Waals surface area contributed by atoms with Crippen molar-refractivity contribution < 1.29 is 5.11 Å². The van der Waals surface area contributed by atoms with Crippen LogP contribution in [0.4, 0.5) is 0 Å². The van der Waals surface area contributed by atoms with Gasteiger partial charge in [-0.2, -0.15) is 0 Å². The number of nitrogens with one attached hydrogen (secondary N) is 1. The molecule has 0 heterocycles. The first-order chi connectivity index (χ1) is 8.29. The largest absolute Gasteiger partial charge is 0.393 e. The van der Waals surface area contributed by atoms with Crippen molar-refractivity contribution in [3.8, 4) is 0 Å². The van der Waals surface area contributed by atoms with E-state index in [0.717, 1.165) is 19.3 Å². The molecule has 0 amide bonds. The predicted molar refractivity (Wildman–Crippen MR) is 77.5 cm³/mol. The van der Waals surface area contributed by atoms with Gasteiger partial charge in [-0.1, -0.05) is 20.3 Å². The maximum atomic E-state index is 9.48. The number of hydrogen-bond donors (Lipinski definition) is 3. The number of aliphatic hydroxyl groups is 1. The summed E-state index contributed by atoms with van der Waals surface area (Å²) in [6.45, 7) is 9.43. The summed E-state index contributed by atoms with van der Waals surface area (Å²) in [6, 6.07) is 0.328. The van der Waals surface area contributed by atoms with Gasteiger partial charge in [-0.25, -0.2) is 0 Å². The molecule has 3 heteroatoms. The summed E-state index contributed by atoms with van der Waals surface area (Å²) >= 11 is 0. The van der Waals surface area contributed by atoms with Gasteiger partial charge in [0.1, 0.15) is 0 Å². The number of rotatable bonds is 5. The Morgan fingerprint density at radius 3 is 2.39 bits per heavy atom. The highest BCUT2D eigenvalue weighted by atomic mass is 16.3. The molecule has 18 heavy (non-hydrogen) atoms. The van der Waals surface area contributed by atoms with E-state index in [-0.39, 0.29) is 11.6 Å². The maximum Gasteiger partial charge on any atom is 0.0526 e. The molecule has 0 bridgehead atoms. The molecule has 1 aliphatic carbocycles. The first-order valence-corrected chi connectivity index (χ1v) is 7.44. The molecule has 0 aromatic carbocycles. The molecule has 3 unspecified atom stereocenters. The summed E-state index contributed by atoms with van der Waals surface area (Å²) in [5.74, 6) is 0. The molecule has 4 N–H and O–H groups in total. The molecular formula is C15H32N2O. The summed E-state index contributed by atoms with van der Waals surface area (Å²) in [5, 5.41) is 13.2. The van der Waals surface area contributed by atoms with E-state index < -0.39 is 0 Å². The zero-order chi connectivity index (χ0) is 13.8. The summed E-state index contributed by atoms with van der Waals surface area (Å²) < 4.78 is 0. The molecule has 0 aromatic rings. The predicted octanol–water partition coefficient (Wildman–Crippen LogP) is 2.42. The normalized spacial score (nSPS) is 31.7. The average molecular weight is 256 g/mol. The van der Waals surface area contributed by atoms with Gasteiger partial charge in [-0.15, -0.1) is 0 Å². The molecule has 0 saturated heterocycles. The smallest absolute Gasteiger partial charge is 0.0526 e. The third-order valence-corrected chi connectivity index (χ3v) is 4.43. The summed E-state index contributed by atoms with van der Waals surface area (Å²) in [5.41, 5.74) is 6.59. The summed E-state index contributed by atoms with van der Waals surface area (Å²) in [6.07, 6.45) is 6.64. The van der Waals surface area contributed by atoms with Crippen molar-refractivity contribution in [3.05, 3.63) is 0 Å². The Morgan fingerprint density at radius 1 is 1.17 bits per heavy atom. The second kappa shape index (κ2) is 6.36. The van der Waals surface area contributed by atoms with Crippen molar-refractivity contribution in [2.45, 2.75) is 83.9 Å². The van der Waals surface area contributed by atoms with Crippen molar-refractivity contribution in [2.75, 3.05) is 6.54 Å². The first kappa shape index (κ1) is 15.9. The van der Waals surface area contributed by atoms with Gasteiger partial charge >= 0.3 is 0 Å². The van der Waals surface area contributed by atoms with Gasteiger partial charge in [0.2, 0.25) is 0 Å². The Morgan fingerprint density at radius 2 is 1.83 bits per heavy atom. The van der Waals surface area contributed by atoms with E-state index in [4.69, 9.17) is 5.73 Å². The van der Waals surface area contributed by atoms with Crippen LogP contribution in [0.25, 0.3) is 0 Å². The fourth-order valence-electron chi connectivity index (χ4n) is 3.23. The standard InChI is InChI=1S/C15H32N2O/c1-12(10-13(2)18)17-15(11-16)7-5-6-14(3,4)8-9-15/h12-13,17-18H,5-11,16H2,1-4H3. The van der Waals surface area contributed by atoms with Gasteiger partial charge in [0.05, 0.1) is 6.10 Å². The van der Waals surface area contributed by atoms with E-state index in [9.17, 15) is 5.11 Å². The Hall–Kier alpha value is -0.120. The molecule has 0 radical (unpaired) electrons. The van der Waals surface area contributed by atoms with E-state index in [1.807, 2.05) is 6.92 Å². The third-order valence-electron chi connectivity index (χ3n) is 4.43. The van der Waals surface area contributed by atoms with E-state index in [2.05, 4.69) is 26.1 Å². The van der Waals surface area contributed by atoms with Crippen LogP contribution in [0.3, 0.4) is 0 Å².